The molecule has 0 aromatic heterocycles. The van der Waals surface area contributed by atoms with Crippen molar-refractivity contribution >= 4 is 38.6 Å². The molecular weight excluding hydrogens is 771 g/mol. The zero-order chi connectivity index (χ0) is 42.2. The Morgan fingerprint density at radius 1 is 0.266 bits per heavy atom. The predicted molar refractivity (Wildman–Crippen MR) is 269 cm³/mol. The van der Waals surface area contributed by atoms with Crippen molar-refractivity contribution in [1.82, 2.24) is 0 Å². The Balaban J connectivity index is 1.15. The lowest BCUT2D eigenvalue weighted by molar-refractivity contribution is 0.783. The molecule has 1 nitrogen and oxygen atoms in total. The second kappa shape index (κ2) is 14.4. The molecule has 2 aliphatic carbocycles. The molecule has 0 fully saturated rings. The van der Waals surface area contributed by atoms with Gasteiger partial charge in [-0.25, -0.2) is 0 Å². The molecule has 0 saturated heterocycles. The van der Waals surface area contributed by atoms with E-state index in [9.17, 15) is 0 Å². The summed E-state index contributed by atoms with van der Waals surface area (Å²) in [4.78, 5) is 2.46. The SMILES string of the molecule is c1ccc(-c2ccc(N(c3ccc4c(c3)-c3ccccc3-c3ccccc3C43c4ccccc4-c4c3c3ccccc3c3ccccc43)c3ccccc3-c3ccccc3)cc2)cc1. The third-order valence-electron chi connectivity index (χ3n) is 13.9. The number of hydrogen-bond donors (Lipinski definition) is 0. The molecule has 0 bridgehead atoms. The van der Waals surface area contributed by atoms with E-state index >= 15 is 0 Å². The molecule has 0 radical (unpaired) electrons. The molecular formula is C63H41N. The van der Waals surface area contributed by atoms with Crippen molar-refractivity contribution in [3.05, 3.63) is 271 Å². The van der Waals surface area contributed by atoms with E-state index in [2.05, 4.69) is 254 Å². The number of rotatable bonds is 5. The summed E-state index contributed by atoms with van der Waals surface area (Å²) in [5.41, 5.74) is 20.3. The predicted octanol–water partition coefficient (Wildman–Crippen LogP) is 16.8. The smallest absolute Gasteiger partial charge is 0.0731 e. The fourth-order valence-electron chi connectivity index (χ4n) is 11.3. The fraction of sp³-hybridized carbons (Fsp3) is 0.0159. The maximum Gasteiger partial charge on any atom is 0.0731 e. The summed E-state index contributed by atoms with van der Waals surface area (Å²) >= 11 is 0. The Labute approximate surface area is 373 Å². The van der Waals surface area contributed by atoms with Crippen molar-refractivity contribution in [2.24, 2.45) is 0 Å². The van der Waals surface area contributed by atoms with Crippen molar-refractivity contribution in [2.45, 2.75) is 5.41 Å². The fourth-order valence-corrected chi connectivity index (χ4v) is 11.3. The maximum atomic E-state index is 2.48. The van der Waals surface area contributed by atoms with E-state index in [1.54, 1.807) is 0 Å². The van der Waals surface area contributed by atoms with Crippen LogP contribution in [0.25, 0.3) is 77.2 Å². The topological polar surface area (TPSA) is 3.24 Å². The minimum atomic E-state index is -0.636. The summed E-state index contributed by atoms with van der Waals surface area (Å²) in [6.07, 6.45) is 0. The number of anilines is 3. The summed E-state index contributed by atoms with van der Waals surface area (Å²) < 4.78 is 0. The van der Waals surface area contributed by atoms with E-state index in [4.69, 9.17) is 0 Å². The van der Waals surface area contributed by atoms with Gasteiger partial charge in [-0.05, 0) is 124 Å². The van der Waals surface area contributed by atoms with Crippen molar-refractivity contribution in [1.29, 1.82) is 0 Å². The molecule has 11 aromatic carbocycles. The highest BCUT2D eigenvalue weighted by Gasteiger charge is 2.51. The standard InChI is InChI=1S/C63H41N/c1-3-19-42(20-4-1)43-35-37-45(38-36-43)64(60-34-18-15-23-47(60)44-21-5-2-6-22-44)46-39-40-59-56(41-46)51-27-8-7-24-48(51)52-28-13-16-32-57(52)63(59)58-33-17-14-31-55(58)61-53-29-11-9-25-49(53)50-26-10-12-30-54(50)62(61)63/h1-41H. The number of nitrogens with zero attached hydrogens (tertiary/aromatic N) is 1. The normalized spacial score (nSPS) is 14.3. The van der Waals surface area contributed by atoms with Crippen LogP contribution in [0.15, 0.2) is 249 Å². The summed E-state index contributed by atoms with van der Waals surface area (Å²) in [6, 6.07) is 92.3. The Kier molecular flexibility index (Phi) is 8.20. The lowest BCUT2D eigenvalue weighted by Gasteiger charge is -2.37. The molecule has 0 saturated carbocycles. The highest BCUT2D eigenvalue weighted by atomic mass is 15.1. The first-order valence-electron chi connectivity index (χ1n) is 22.3. The molecule has 1 spiro atoms. The number of para-hydroxylation sites is 1. The second-order valence-electron chi connectivity index (χ2n) is 17.1. The lowest BCUT2D eigenvalue weighted by atomic mass is 9.64. The Bertz CT molecular complexity index is 3600. The molecule has 1 heteroatoms. The van der Waals surface area contributed by atoms with Gasteiger partial charge < -0.3 is 4.90 Å². The molecule has 298 valence electrons. The van der Waals surface area contributed by atoms with Gasteiger partial charge in [0.1, 0.15) is 0 Å². The van der Waals surface area contributed by atoms with Crippen LogP contribution >= 0.6 is 0 Å². The average Bonchev–Trinajstić information content (AvgIpc) is 3.64. The van der Waals surface area contributed by atoms with Crippen LogP contribution in [-0.4, -0.2) is 0 Å². The van der Waals surface area contributed by atoms with Gasteiger partial charge in [0.25, 0.3) is 0 Å². The minimum Gasteiger partial charge on any atom is -0.310 e. The third kappa shape index (κ3) is 5.25. The molecule has 0 N–H and O–H groups in total. The highest BCUT2D eigenvalue weighted by molar-refractivity contribution is 6.20. The Hall–Kier alpha value is -8.26. The van der Waals surface area contributed by atoms with Crippen LogP contribution in [0, 0.1) is 0 Å². The average molecular weight is 812 g/mol. The van der Waals surface area contributed by atoms with E-state index in [0.717, 1.165) is 17.1 Å². The van der Waals surface area contributed by atoms with Gasteiger partial charge in [-0.1, -0.05) is 218 Å². The van der Waals surface area contributed by atoms with Gasteiger partial charge in [0, 0.05) is 16.9 Å². The molecule has 11 aromatic rings. The van der Waals surface area contributed by atoms with Gasteiger partial charge in [0.15, 0.2) is 0 Å². The largest absolute Gasteiger partial charge is 0.310 e. The van der Waals surface area contributed by atoms with E-state index in [0.29, 0.717) is 0 Å². The molecule has 13 rings (SSSR count). The number of fused-ring (bicyclic) bond motifs is 17. The number of benzene rings is 11. The van der Waals surface area contributed by atoms with E-state index in [1.807, 2.05) is 0 Å². The quantitative estimate of drug-likeness (QED) is 0.157. The zero-order valence-electron chi connectivity index (χ0n) is 35.1. The highest BCUT2D eigenvalue weighted by Crippen LogP contribution is 2.64. The molecule has 0 aliphatic heterocycles. The summed E-state index contributed by atoms with van der Waals surface area (Å²) in [7, 11) is 0. The molecule has 1 atom stereocenters. The van der Waals surface area contributed by atoms with Crippen LogP contribution in [0.2, 0.25) is 0 Å². The van der Waals surface area contributed by atoms with Crippen LogP contribution in [0.3, 0.4) is 0 Å². The third-order valence-corrected chi connectivity index (χ3v) is 13.9. The Morgan fingerprint density at radius 3 is 1.42 bits per heavy atom. The van der Waals surface area contributed by atoms with Gasteiger partial charge in [0.05, 0.1) is 11.1 Å². The summed E-state index contributed by atoms with van der Waals surface area (Å²) in [5.74, 6) is 0. The summed E-state index contributed by atoms with van der Waals surface area (Å²) in [6.45, 7) is 0. The van der Waals surface area contributed by atoms with Gasteiger partial charge in [-0.3, -0.25) is 0 Å². The van der Waals surface area contributed by atoms with E-state index < -0.39 is 5.41 Å². The molecule has 1 unspecified atom stereocenters. The van der Waals surface area contributed by atoms with Crippen LogP contribution < -0.4 is 4.90 Å². The number of hydrogen-bond acceptors (Lipinski definition) is 1. The van der Waals surface area contributed by atoms with Crippen molar-refractivity contribution in [3.8, 4) is 55.6 Å². The maximum absolute atomic E-state index is 2.48. The monoisotopic (exact) mass is 811 g/mol. The molecule has 2 aliphatic rings. The van der Waals surface area contributed by atoms with Gasteiger partial charge in [-0.2, -0.15) is 0 Å². The van der Waals surface area contributed by atoms with Gasteiger partial charge >= 0.3 is 0 Å². The van der Waals surface area contributed by atoms with Gasteiger partial charge in [0.2, 0.25) is 0 Å². The van der Waals surface area contributed by atoms with Crippen molar-refractivity contribution < 1.29 is 0 Å². The first kappa shape index (κ1) is 36.4. The summed E-state index contributed by atoms with van der Waals surface area (Å²) in [5, 5.41) is 5.15. The minimum absolute atomic E-state index is 0.636. The zero-order valence-corrected chi connectivity index (χ0v) is 35.1. The van der Waals surface area contributed by atoms with Crippen molar-refractivity contribution in [2.75, 3.05) is 4.90 Å². The van der Waals surface area contributed by atoms with Crippen LogP contribution in [-0.2, 0) is 5.41 Å². The molecule has 0 amide bonds. The molecule has 64 heavy (non-hydrogen) atoms. The van der Waals surface area contributed by atoms with Crippen LogP contribution in [0.5, 0.6) is 0 Å². The van der Waals surface area contributed by atoms with Crippen molar-refractivity contribution in [3.63, 3.8) is 0 Å². The first-order valence-corrected chi connectivity index (χ1v) is 22.3. The van der Waals surface area contributed by atoms with Crippen LogP contribution in [0.1, 0.15) is 22.3 Å². The van der Waals surface area contributed by atoms with E-state index in [-0.39, 0.29) is 0 Å². The first-order chi connectivity index (χ1) is 31.8. The lowest BCUT2D eigenvalue weighted by Crippen LogP contribution is -2.29. The molecule has 0 heterocycles. The second-order valence-corrected chi connectivity index (χ2v) is 17.1. The Morgan fingerprint density at radius 2 is 0.719 bits per heavy atom. The van der Waals surface area contributed by atoms with E-state index in [1.165, 1.54) is 99.4 Å². The van der Waals surface area contributed by atoms with Gasteiger partial charge in [-0.15, -0.1) is 0 Å². The van der Waals surface area contributed by atoms with Crippen LogP contribution in [0.4, 0.5) is 17.1 Å².